The molecule has 0 atom stereocenters. The summed E-state index contributed by atoms with van der Waals surface area (Å²) in [6.45, 7) is 1.47. The van der Waals surface area contributed by atoms with E-state index in [0.717, 1.165) is 4.68 Å². The second-order valence-corrected chi connectivity index (χ2v) is 4.16. The topological polar surface area (TPSA) is 132 Å². The van der Waals surface area contributed by atoms with E-state index in [1.807, 2.05) is 0 Å². The van der Waals surface area contributed by atoms with Gasteiger partial charge < -0.3 is 14.4 Å². The van der Waals surface area contributed by atoms with Gasteiger partial charge in [0, 0.05) is 13.2 Å². The molecule has 0 bridgehead atoms. The summed E-state index contributed by atoms with van der Waals surface area (Å²) in [4.78, 5) is 22.8. The summed E-state index contributed by atoms with van der Waals surface area (Å²) in [7, 11) is 1.40. The zero-order valence-corrected chi connectivity index (χ0v) is 11.4. The Labute approximate surface area is 118 Å². The van der Waals surface area contributed by atoms with Gasteiger partial charge in [-0.15, -0.1) is 5.10 Å². The second kappa shape index (κ2) is 6.13. The summed E-state index contributed by atoms with van der Waals surface area (Å²) in [5.74, 6) is -1.49. The van der Waals surface area contributed by atoms with E-state index in [2.05, 4.69) is 20.8 Å². The maximum absolute atomic E-state index is 11.9. The zero-order valence-electron chi connectivity index (χ0n) is 11.4. The molecule has 0 unspecified atom stereocenters. The molecule has 2 heterocycles. The molecule has 2 rings (SSSR count). The van der Waals surface area contributed by atoms with Gasteiger partial charge in [-0.2, -0.15) is 0 Å². The number of ether oxygens (including phenoxy) is 1. The van der Waals surface area contributed by atoms with Gasteiger partial charge in [0.05, 0.1) is 18.0 Å². The first-order valence-electron chi connectivity index (χ1n) is 5.89. The van der Waals surface area contributed by atoms with E-state index in [1.54, 1.807) is 13.0 Å². The molecule has 10 heteroatoms. The van der Waals surface area contributed by atoms with E-state index in [4.69, 9.17) is 14.4 Å². The van der Waals surface area contributed by atoms with Crippen molar-refractivity contribution in [2.24, 2.45) is 0 Å². The molecule has 0 aliphatic heterocycles. The highest BCUT2D eigenvalue weighted by molar-refractivity contribution is 5.90. The molecule has 0 aliphatic rings. The van der Waals surface area contributed by atoms with Gasteiger partial charge >= 0.3 is 5.97 Å². The monoisotopic (exact) mass is 295 g/mol. The fourth-order valence-electron chi connectivity index (χ4n) is 1.64. The highest BCUT2D eigenvalue weighted by Gasteiger charge is 2.20. The summed E-state index contributed by atoms with van der Waals surface area (Å²) in [6, 6.07) is 1.55. The van der Waals surface area contributed by atoms with E-state index in [0.29, 0.717) is 5.69 Å². The number of anilines is 1. The van der Waals surface area contributed by atoms with Crippen LogP contribution in [-0.4, -0.2) is 44.2 Å². The van der Waals surface area contributed by atoms with Gasteiger partial charge in [-0.05, 0) is 6.92 Å². The Bertz CT molecular complexity index is 662. The van der Waals surface area contributed by atoms with Crippen LogP contribution in [0.25, 0.3) is 0 Å². The van der Waals surface area contributed by atoms with Crippen molar-refractivity contribution in [3.05, 3.63) is 23.1 Å². The largest absolute Gasteiger partial charge is 0.476 e. The SMILES string of the molecule is COCc1c(C(=O)O)nnn1CC(=O)Nc1cc(C)no1. The normalized spacial score (nSPS) is 10.6. The molecule has 0 spiro atoms. The van der Waals surface area contributed by atoms with Crippen molar-refractivity contribution in [1.29, 1.82) is 0 Å². The number of carbonyl (C=O) groups excluding carboxylic acids is 1. The smallest absolute Gasteiger partial charge is 0.358 e. The average molecular weight is 295 g/mol. The van der Waals surface area contributed by atoms with Crippen LogP contribution in [0.5, 0.6) is 0 Å². The number of carbonyl (C=O) groups is 2. The molecule has 2 aromatic rings. The molecule has 0 saturated carbocycles. The summed E-state index contributed by atoms with van der Waals surface area (Å²) in [5, 5.41) is 22.2. The Morgan fingerprint density at radius 2 is 2.29 bits per heavy atom. The number of aryl methyl sites for hydroxylation is 1. The molecule has 2 aromatic heterocycles. The molecular weight excluding hydrogens is 282 g/mol. The summed E-state index contributed by atoms with van der Waals surface area (Å²) in [5.41, 5.74) is 0.577. The first-order valence-corrected chi connectivity index (χ1v) is 5.89. The van der Waals surface area contributed by atoms with Crippen LogP contribution >= 0.6 is 0 Å². The van der Waals surface area contributed by atoms with Crippen LogP contribution in [0.4, 0.5) is 5.88 Å². The van der Waals surface area contributed by atoms with Gasteiger partial charge in [-0.3, -0.25) is 10.1 Å². The number of hydrogen-bond acceptors (Lipinski definition) is 7. The minimum Gasteiger partial charge on any atom is -0.476 e. The number of hydrogen-bond donors (Lipinski definition) is 2. The molecule has 2 N–H and O–H groups in total. The van der Waals surface area contributed by atoms with Gasteiger partial charge in [0.25, 0.3) is 0 Å². The molecular formula is C11H13N5O5. The minimum absolute atomic E-state index is 0.0245. The number of nitrogens with one attached hydrogen (secondary N) is 1. The first-order chi connectivity index (χ1) is 10.0. The summed E-state index contributed by atoms with van der Waals surface area (Å²) < 4.78 is 10.9. The van der Waals surface area contributed by atoms with Crippen molar-refractivity contribution in [2.45, 2.75) is 20.1 Å². The van der Waals surface area contributed by atoms with Crippen LogP contribution in [0.1, 0.15) is 21.9 Å². The van der Waals surface area contributed by atoms with Crippen molar-refractivity contribution >= 4 is 17.8 Å². The number of carboxylic acid groups (broad SMARTS) is 1. The standard InChI is InChI=1S/C11H13N5O5/c1-6-3-9(21-14-6)12-8(17)4-16-7(5-20-2)10(11(18)19)13-15-16/h3H,4-5H2,1-2H3,(H,12,17)(H,18,19). The highest BCUT2D eigenvalue weighted by atomic mass is 16.5. The Hall–Kier alpha value is -2.75. The maximum Gasteiger partial charge on any atom is 0.358 e. The van der Waals surface area contributed by atoms with Crippen molar-refractivity contribution in [3.8, 4) is 0 Å². The van der Waals surface area contributed by atoms with Crippen LogP contribution in [0, 0.1) is 6.92 Å². The molecule has 112 valence electrons. The third kappa shape index (κ3) is 3.42. The number of methoxy groups -OCH3 is 1. The molecule has 21 heavy (non-hydrogen) atoms. The van der Waals surface area contributed by atoms with Crippen LogP contribution in [0.15, 0.2) is 10.6 Å². The Kier molecular flexibility index (Phi) is 4.28. The highest BCUT2D eigenvalue weighted by Crippen LogP contribution is 2.10. The van der Waals surface area contributed by atoms with Gasteiger partial charge in [-0.25, -0.2) is 9.48 Å². The lowest BCUT2D eigenvalue weighted by atomic mass is 10.3. The molecule has 0 aromatic carbocycles. The predicted octanol–water partition coefficient (Wildman–Crippen LogP) is 0.0578. The number of aromatic nitrogens is 4. The van der Waals surface area contributed by atoms with Crippen molar-refractivity contribution in [2.75, 3.05) is 12.4 Å². The lowest BCUT2D eigenvalue weighted by Crippen LogP contribution is -2.21. The summed E-state index contributed by atoms with van der Waals surface area (Å²) >= 11 is 0. The van der Waals surface area contributed by atoms with Crippen LogP contribution in [0.2, 0.25) is 0 Å². The molecule has 1 amide bonds. The average Bonchev–Trinajstić information content (AvgIpc) is 2.97. The van der Waals surface area contributed by atoms with Gasteiger partial charge in [-0.1, -0.05) is 10.4 Å². The minimum atomic E-state index is -1.24. The quantitative estimate of drug-likeness (QED) is 0.764. The Morgan fingerprint density at radius 1 is 1.52 bits per heavy atom. The zero-order chi connectivity index (χ0) is 15.4. The van der Waals surface area contributed by atoms with Crippen molar-refractivity contribution in [1.82, 2.24) is 20.2 Å². The molecule has 0 saturated heterocycles. The van der Waals surface area contributed by atoms with Crippen LogP contribution < -0.4 is 5.32 Å². The Morgan fingerprint density at radius 3 is 2.86 bits per heavy atom. The molecule has 0 radical (unpaired) electrons. The molecule has 0 fully saturated rings. The van der Waals surface area contributed by atoms with E-state index in [9.17, 15) is 9.59 Å². The molecule has 10 nitrogen and oxygen atoms in total. The van der Waals surface area contributed by atoms with Gasteiger partial charge in [0.15, 0.2) is 5.69 Å². The second-order valence-electron chi connectivity index (χ2n) is 4.16. The van der Waals surface area contributed by atoms with Crippen LogP contribution in [0.3, 0.4) is 0 Å². The Balaban J connectivity index is 2.11. The fourth-order valence-corrected chi connectivity index (χ4v) is 1.64. The van der Waals surface area contributed by atoms with Gasteiger partial charge in [0.1, 0.15) is 6.54 Å². The lowest BCUT2D eigenvalue weighted by Gasteiger charge is -2.05. The third-order valence-electron chi connectivity index (χ3n) is 2.51. The number of amides is 1. The van der Waals surface area contributed by atoms with E-state index in [-0.39, 0.29) is 30.4 Å². The van der Waals surface area contributed by atoms with Gasteiger partial charge in [0.2, 0.25) is 11.8 Å². The van der Waals surface area contributed by atoms with E-state index < -0.39 is 11.9 Å². The van der Waals surface area contributed by atoms with E-state index in [1.165, 1.54) is 7.11 Å². The summed E-state index contributed by atoms with van der Waals surface area (Å²) in [6.07, 6.45) is 0. The van der Waals surface area contributed by atoms with Crippen LogP contribution in [-0.2, 0) is 22.7 Å². The van der Waals surface area contributed by atoms with E-state index >= 15 is 0 Å². The van der Waals surface area contributed by atoms with Crippen molar-refractivity contribution in [3.63, 3.8) is 0 Å². The predicted molar refractivity (Wildman–Crippen MR) is 67.6 cm³/mol. The number of carboxylic acids is 1. The third-order valence-corrected chi connectivity index (χ3v) is 2.51. The number of nitrogens with zero attached hydrogens (tertiary/aromatic N) is 4. The fraction of sp³-hybridized carbons (Fsp3) is 0.364. The number of rotatable bonds is 6. The number of aromatic carboxylic acids is 1. The first kappa shape index (κ1) is 14.7. The molecule has 0 aliphatic carbocycles. The maximum atomic E-state index is 11.9. The lowest BCUT2D eigenvalue weighted by molar-refractivity contribution is -0.117. The van der Waals surface area contributed by atoms with Crippen molar-refractivity contribution < 1.29 is 24.0 Å².